The Morgan fingerprint density at radius 3 is 2.71 bits per heavy atom. The van der Waals surface area contributed by atoms with Crippen LogP contribution in [0, 0.1) is 5.92 Å². The monoisotopic (exact) mass is 288 g/mol. The third kappa shape index (κ3) is 3.61. The zero-order valence-electron chi connectivity index (χ0n) is 13.4. The first kappa shape index (κ1) is 15.5. The number of benzene rings is 1. The maximum absolute atomic E-state index is 12.0. The molecule has 0 aliphatic heterocycles. The summed E-state index contributed by atoms with van der Waals surface area (Å²) in [6, 6.07) is 5.75. The molecule has 0 aliphatic rings. The zero-order valence-corrected chi connectivity index (χ0v) is 13.4. The Morgan fingerprint density at radius 1 is 1.38 bits per heavy atom. The molecule has 114 valence electrons. The molecule has 2 rings (SSSR count). The summed E-state index contributed by atoms with van der Waals surface area (Å²) in [6.07, 6.45) is 0. The van der Waals surface area contributed by atoms with Crippen LogP contribution in [-0.2, 0) is 10.2 Å². The largest absolute Gasteiger partial charge is 0.341 e. The quantitative estimate of drug-likeness (QED) is 0.810. The van der Waals surface area contributed by atoms with Crippen molar-refractivity contribution in [3.8, 4) is 0 Å². The fraction of sp³-hybridized carbons (Fsp3) is 0.500. The molecule has 1 amide bonds. The van der Waals surface area contributed by atoms with E-state index in [2.05, 4.69) is 41.4 Å². The molecule has 0 saturated carbocycles. The molecule has 0 radical (unpaired) electrons. The van der Waals surface area contributed by atoms with Gasteiger partial charge in [0.1, 0.15) is 5.82 Å². The van der Waals surface area contributed by atoms with Crippen LogP contribution in [0.4, 0.5) is 5.69 Å². The average Bonchev–Trinajstić information content (AvgIpc) is 2.82. The number of carbonyl (C=O) groups is 1. The van der Waals surface area contributed by atoms with Gasteiger partial charge in [-0.2, -0.15) is 0 Å². The molecule has 1 aromatic carbocycles. The van der Waals surface area contributed by atoms with E-state index in [4.69, 9.17) is 0 Å². The summed E-state index contributed by atoms with van der Waals surface area (Å²) >= 11 is 0. The standard InChI is InChI=1S/C16H24N4O/c1-10(9-17-5)14(21)18-11-6-7-12-13(8-11)20-15(19-12)16(2,3)4/h6-8,10,17H,9H2,1-5H3,(H,18,21)(H,19,20). The number of H-pyrrole nitrogens is 1. The maximum atomic E-state index is 12.0. The molecule has 0 bridgehead atoms. The number of fused-ring (bicyclic) bond motifs is 1. The lowest BCUT2D eigenvalue weighted by Gasteiger charge is -2.13. The highest BCUT2D eigenvalue weighted by molar-refractivity contribution is 5.94. The minimum absolute atomic E-state index is 0.0132. The molecular weight excluding hydrogens is 264 g/mol. The van der Waals surface area contributed by atoms with E-state index in [1.54, 1.807) is 0 Å². The number of nitrogens with zero attached hydrogens (tertiary/aromatic N) is 1. The van der Waals surface area contributed by atoms with E-state index in [1.807, 2.05) is 32.2 Å². The van der Waals surface area contributed by atoms with Gasteiger partial charge in [-0.3, -0.25) is 4.79 Å². The number of anilines is 1. The summed E-state index contributed by atoms with van der Waals surface area (Å²) in [4.78, 5) is 19.9. The van der Waals surface area contributed by atoms with E-state index in [-0.39, 0.29) is 17.2 Å². The second kappa shape index (κ2) is 5.85. The predicted octanol–water partition coefficient (Wildman–Crippen LogP) is 2.65. The summed E-state index contributed by atoms with van der Waals surface area (Å²) in [7, 11) is 1.84. The summed E-state index contributed by atoms with van der Waals surface area (Å²) < 4.78 is 0. The Balaban J connectivity index is 2.21. The van der Waals surface area contributed by atoms with Gasteiger partial charge in [-0.25, -0.2) is 4.98 Å². The van der Waals surface area contributed by atoms with Gasteiger partial charge in [0, 0.05) is 23.6 Å². The number of imidazole rings is 1. The van der Waals surface area contributed by atoms with E-state index < -0.39 is 0 Å². The van der Waals surface area contributed by atoms with Crippen LogP contribution in [0.3, 0.4) is 0 Å². The molecule has 5 nitrogen and oxygen atoms in total. The van der Waals surface area contributed by atoms with Crippen molar-refractivity contribution in [2.75, 3.05) is 18.9 Å². The van der Waals surface area contributed by atoms with Crippen molar-refractivity contribution in [1.82, 2.24) is 15.3 Å². The average molecular weight is 288 g/mol. The van der Waals surface area contributed by atoms with Crippen LogP contribution >= 0.6 is 0 Å². The van der Waals surface area contributed by atoms with Crippen molar-refractivity contribution >= 4 is 22.6 Å². The topological polar surface area (TPSA) is 69.8 Å². The fourth-order valence-corrected chi connectivity index (χ4v) is 2.11. The lowest BCUT2D eigenvalue weighted by Crippen LogP contribution is -2.28. The van der Waals surface area contributed by atoms with Gasteiger partial charge in [0.15, 0.2) is 0 Å². The summed E-state index contributed by atoms with van der Waals surface area (Å²) in [5, 5.41) is 5.95. The molecule has 0 spiro atoms. The molecule has 21 heavy (non-hydrogen) atoms. The Kier molecular flexibility index (Phi) is 4.32. The van der Waals surface area contributed by atoms with Crippen molar-refractivity contribution in [3.63, 3.8) is 0 Å². The first-order chi connectivity index (χ1) is 9.81. The molecule has 1 atom stereocenters. The number of aromatic nitrogens is 2. The van der Waals surface area contributed by atoms with E-state index in [9.17, 15) is 4.79 Å². The van der Waals surface area contributed by atoms with Crippen molar-refractivity contribution in [1.29, 1.82) is 0 Å². The van der Waals surface area contributed by atoms with Gasteiger partial charge in [-0.15, -0.1) is 0 Å². The Bertz CT molecular complexity index is 639. The smallest absolute Gasteiger partial charge is 0.228 e. The van der Waals surface area contributed by atoms with Gasteiger partial charge in [-0.05, 0) is 25.2 Å². The van der Waals surface area contributed by atoms with E-state index in [1.165, 1.54) is 0 Å². The van der Waals surface area contributed by atoms with Gasteiger partial charge < -0.3 is 15.6 Å². The first-order valence-electron chi connectivity index (χ1n) is 7.27. The third-order valence-electron chi connectivity index (χ3n) is 3.42. The molecule has 3 N–H and O–H groups in total. The van der Waals surface area contributed by atoms with Crippen LogP contribution in [0.5, 0.6) is 0 Å². The normalized spacial score (nSPS) is 13.4. The van der Waals surface area contributed by atoms with Crippen molar-refractivity contribution < 1.29 is 4.79 Å². The Hall–Kier alpha value is -1.88. The summed E-state index contributed by atoms with van der Waals surface area (Å²) in [6.45, 7) is 8.91. The highest BCUT2D eigenvalue weighted by atomic mass is 16.1. The molecular formula is C16H24N4O. The second-order valence-corrected chi connectivity index (χ2v) is 6.52. The molecule has 0 fully saturated rings. The number of nitrogens with one attached hydrogen (secondary N) is 3. The molecule has 0 aliphatic carbocycles. The lowest BCUT2D eigenvalue weighted by molar-refractivity contribution is -0.119. The number of amides is 1. The molecule has 0 saturated heterocycles. The van der Waals surface area contributed by atoms with Crippen molar-refractivity contribution in [3.05, 3.63) is 24.0 Å². The molecule has 1 unspecified atom stereocenters. The minimum atomic E-state index is -0.0717. The zero-order chi connectivity index (χ0) is 15.6. The summed E-state index contributed by atoms with van der Waals surface area (Å²) in [5.41, 5.74) is 2.63. The molecule has 1 heterocycles. The number of rotatable bonds is 4. The Labute approximate surface area is 125 Å². The van der Waals surface area contributed by atoms with Gasteiger partial charge in [0.05, 0.1) is 11.0 Å². The van der Waals surface area contributed by atoms with Crippen LogP contribution in [-0.4, -0.2) is 29.5 Å². The van der Waals surface area contributed by atoms with Gasteiger partial charge in [-0.1, -0.05) is 27.7 Å². The fourth-order valence-electron chi connectivity index (χ4n) is 2.11. The molecule has 5 heteroatoms. The number of carbonyl (C=O) groups excluding carboxylic acids is 1. The number of hydrogen-bond donors (Lipinski definition) is 3. The van der Waals surface area contributed by atoms with Crippen LogP contribution in [0.1, 0.15) is 33.5 Å². The SMILES string of the molecule is CNCC(C)C(=O)Nc1ccc2nc(C(C)(C)C)[nH]c2c1. The van der Waals surface area contributed by atoms with Crippen molar-refractivity contribution in [2.45, 2.75) is 33.1 Å². The summed E-state index contributed by atoms with van der Waals surface area (Å²) in [5.74, 6) is 0.890. The maximum Gasteiger partial charge on any atom is 0.228 e. The van der Waals surface area contributed by atoms with Crippen LogP contribution in [0.25, 0.3) is 11.0 Å². The molecule has 1 aromatic heterocycles. The van der Waals surface area contributed by atoms with E-state index in [0.29, 0.717) is 6.54 Å². The van der Waals surface area contributed by atoms with Crippen LogP contribution < -0.4 is 10.6 Å². The van der Waals surface area contributed by atoms with Crippen molar-refractivity contribution in [2.24, 2.45) is 5.92 Å². The van der Waals surface area contributed by atoms with E-state index in [0.717, 1.165) is 22.5 Å². The lowest BCUT2D eigenvalue weighted by atomic mass is 9.96. The number of hydrogen-bond acceptors (Lipinski definition) is 3. The Morgan fingerprint density at radius 2 is 2.10 bits per heavy atom. The highest BCUT2D eigenvalue weighted by Gasteiger charge is 2.18. The first-order valence-corrected chi connectivity index (χ1v) is 7.27. The highest BCUT2D eigenvalue weighted by Crippen LogP contribution is 2.24. The second-order valence-electron chi connectivity index (χ2n) is 6.52. The third-order valence-corrected chi connectivity index (χ3v) is 3.42. The van der Waals surface area contributed by atoms with Gasteiger partial charge >= 0.3 is 0 Å². The van der Waals surface area contributed by atoms with E-state index >= 15 is 0 Å². The predicted molar refractivity (Wildman–Crippen MR) is 86.5 cm³/mol. The molecule has 2 aromatic rings. The van der Waals surface area contributed by atoms with Gasteiger partial charge in [0.2, 0.25) is 5.91 Å². The van der Waals surface area contributed by atoms with Gasteiger partial charge in [0.25, 0.3) is 0 Å². The van der Waals surface area contributed by atoms with Crippen LogP contribution in [0.2, 0.25) is 0 Å². The number of aromatic amines is 1. The van der Waals surface area contributed by atoms with Crippen LogP contribution in [0.15, 0.2) is 18.2 Å². The minimum Gasteiger partial charge on any atom is -0.341 e.